The summed E-state index contributed by atoms with van der Waals surface area (Å²) in [4.78, 5) is 26.4. The molecule has 0 spiro atoms. The number of methoxy groups -OCH3 is 1. The van der Waals surface area contributed by atoms with Crippen molar-refractivity contribution in [1.29, 1.82) is 0 Å². The number of rotatable bonds is 5. The fourth-order valence-corrected chi connectivity index (χ4v) is 3.63. The Hall–Kier alpha value is -2.24. The van der Waals surface area contributed by atoms with Gasteiger partial charge in [-0.05, 0) is 47.5 Å². The molecule has 3 rings (SSSR count). The monoisotopic (exact) mass is 373 g/mol. The van der Waals surface area contributed by atoms with E-state index >= 15 is 0 Å². The molecule has 128 valence electrons. The van der Waals surface area contributed by atoms with Crippen molar-refractivity contribution in [3.05, 3.63) is 69.6 Å². The molecule has 2 aromatic rings. The van der Waals surface area contributed by atoms with E-state index in [0.29, 0.717) is 28.6 Å². The van der Waals surface area contributed by atoms with Gasteiger partial charge in [0.15, 0.2) is 0 Å². The van der Waals surface area contributed by atoms with Crippen molar-refractivity contribution in [1.82, 2.24) is 4.90 Å². The van der Waals surface area contributed by atoms with Crippen LogP contribution in [0.25, 0.3) is 6.08 Å². The number of imide groups is 1. The minimum Gasteiger partial charge on any atom is -0.495 e. The number of hydrogen-bond donors (Lipinski definition) is 0. The quantitative estimate of drug-likeness (QED) is 0.717. The molecule has 0 saturated carbocycles. The van der Waals surface area contributed by atoms with Crippen LogP contribution in [0.1, 0.15) is 11.1 Å². The Labute approximate surface area is 155 Å². The van der Waals surface area contributed by atoms with Crippen LogP contribution in [0.2, 0.25) is 5.02 Å². The third-order valence-electron chi connectivity index (χ3n) is 3.81. The molecular weight excluding hydrogens is 358 g/mol. The second-order valence-corrected chi connectivity index (χ2v) is 6.86. The molecule has 2 amide bonds. The highest BCUT2D eigenvalue weighted by Gasteiger charge is 2.34. The lowest BCUT2D eigenvalue weighted by atomic mass is 10.1. The van der Waals surface area contributed by atoms with Gasteiger partial charge in [-0.1, -0.05) is 48.0 Å². The molecule has 4 nitrogen and oxygen atoms in total. The van der Waals surface area contributed by atoms with Gasteiger partial charge in [0.05, 0.1) is 17.0 Å². The molecule has 1 heterocycles. The van der Waals surface area contributed by atoms with Gasteiger partial charge >= 0.3 is 0 Å². The summed E-state index contributed by atoms with van der Waals surface area (Å²) < 4.78 is 5.11. The highest BCUT2D eigenvalue weighted by molar-refractivity contribution is 8.18. The predicted molar refractivity (Wildman–Crippen MR) is 101 cm³/mol. The summed E-state index contributed by atoms with van der Waals surface area (Å²) in [5, 5.41) is 0.214. The molecule has 1 saturated heterocycles. The minimum absolute atomic E-state index is 0.244. The maximum atomic E-state index is 12.5. The maximum absolute atomic E-state index is 12.5. The van der Waals surface area contributed by atoms with E-state index in [4.69, 9.17) is 16.3 Å². The molecule has 0 radical (unpaired) electrons. The third kappa shape index (κ3) is 4.06. The fourth-order valence-electron chi connectivity index (χ4n) is 2.50. The smallest absolute Gasteiger partial charge is 0.293 e. The average molecular weight is 374 g/mol. The molecule has 1 aliphatic rings. The van der Waals surface area contributed by atoms with Crippen LogP contribution in [0.4, 0.5) is 4.79 Å². The van der Waals surface area contributed by atoms with Crippen molar-refractivity contribution in [2.75, 3.05) is 13.7 Å². The lowest BCUT2D eigenvalue weighted by Crippen LogP contribution is -2.30. The van der Waals surface area contributed by atoms with Crippen LogP contribution < -0.4 is 4.74 Å². The number of hydrogen-bond acceptors (Lipinski definition) is 4. The van der Waals surface area contributed by atoms with E-state index in [2.05, 4.69) is 0 Å². The van der Waals surface area contributed by atoms with Crippen LogP contribution in [0, 0.1) is 0 Å². The highest BCUT2D eigenvalue weighted by Crippen LogP contribution is 2.33. The summed E-state index contributed by atoms with van der Waals surface area (Å²) in [7, 11) is 1.54. The minimum atomic E-state index is -0.266. The molecule has 0 unspecified atom stereocenters. The maximum Gasteiger partial charge on any atom is 0.293 e. The molecule has 0 atom stereocenters. The van der Waals surface area contributed by atoms with Gasteiger partial charge in [-0.2, -0.15) is 0 Å². The standard InChI is InChI=1S/C19H16ClNO3S/c1-24-16-8-7-14(11-15(16)20)12-17-18(22)21(19(23)25-17)10-9-13-5-3-2-4-6-13/h2-8,11-12H,9-10H2,1H3/b17-12-. The Kier molecular flexibility index (Phi) is 5.46. The van der Waals surface area contributed by atoms with Crippen molar-refractivity contribution in [3.8, 4) is 5.75 Å². The topological polar surface area (TPSA) is 46.6 Å². The number of thioether (sulfide) groups is 1. The van der Waals surface area contributed by atoms with E-state index in [1.54, 1.807) is 31.4 Å². The first kappa shape index (κ1) is 17.6. The largest absolute Gasteiger partial charge is 0.495 e. The number of benzene rings is 2. The number of carbonyl (C=O) groups is 2. The van der Waals surface area contributed by atoms with E-state index < -0.39 is 0 Å². The fraction of sp³-hybridized carbons (Fsp3) is 0.158. The van der Waals surface area contributed by atoms with E-state index in [1.165, 1.54) is 4.90 Å². The van der Waals surface area contributed by atoms with Crippen molar-refractivity contribution in [2.45, 2.75) is 6.42 Å². The second-order valence-electron chi connectivity index (χ2n) is 5.46. The van der Waals surface area contributed by atoms with E-state index in [9.17, 15) is 9.59 Å². The van der Waals surface area contributed by atoms with Crippen LogP contribution in [0.15, 0.2) is 53.4 Å². The van der Waals surface area contributed by atoms with Crippen LogP contribution in [-0.2, 0) is 11.2 Å². The molecule has 0 aliphatic carbocycles. The third-order valence-corrected chi connectivity index (χ3v) is 5.02. The summed E-state index contributed by atoms with van der Waals surface area (Å²) in [5.41, 5.74) is 1.84. The molecule has 1 fully saturated rings. The zero-order valence-electron chi connectivity index (χ0n) is 13.6. The Morgan fingerprint density at radius 2 is 1.92 bits per heavy atom. The van der Waals surface area contributed by atoms with Crippen molar-refractivity contribution in [2.24, 2.45) is 0 Å². The van der Waals surface area contributed by atoms with Crippen LogP contribution in [0.5, 0.6) is 5.75 Å². The first-order valence-corrected chi connectivity index (χ1v) is 8.91. The molecule has 2 aromatic carbocycles. The molecule has 1 aliphatic heterocycles. The lowest BCUT2D eigenvalue weighted by Gasteiger charge is -2.12. The Balaban J connectivity index is 1.73. The lowest BCUT2D eigenvalue weighted by molar-refractivity contribution is -0.122. The van der Waals surface area contributed by atoms with E-state index in [0.717, 1.165) is 22.9 Å². The van der Waals surface area contributed by atoms with Crippen molar-refractivity contribution >= 4 is 40.6 Å². The normalized spacial score (nSPS) is 15.9. The number of nitrogens with zero attached hydrogens (tertiary/aromatic N) is 1. The predicted octanol–water partition coefficient (Wildman–Crippen LogP) is 4.63. The SMILES string of the molecule is COc1ccc(/C=C2\SC(=O)N(CCc3ccccc3)C2=O)cc1Cl. The molecule has 0 aromatic heterocycles. The Morgan fingerprint density at radius 1 is 1.16 bits per heavy atom. The number of ether oxygens (including phenoxy) is 1. The Morgan fingerprint density at radius 3 is 2.60 bits per heavy atom. The first-order chi connectivity index (χ1) is 12.1. The van der Waals surface area contributed by atoms with Crippen LogP contribution in [0.3, 0.4) is 0 Å². The van der Waals surface area contributed by atoms with Crippen molar-refractivity contribution < 1.29 is 14.3 Å². The van der Waals surface area contributed by atoms with Gasteiger partial charge in [-0.3, -0.25) is 14.5 Å². The van der Waals surface area contributed by atoms with Crippen LogP contribution >= 0.6 is 23.4 Å². The summed E-state index contributed by atoms with van der Waals surface area (Å²) in [6.07, 6.45) is 2.32. The zero-order chi connectivity index (χ0) is 17.8. The van der Waals surface area contributed by atoms with E-state index in [-0.39, 0.29) is 11.1 Å². The molecule has 0 bridgehead atoms. The average Bonchev–Trinajstić information content (AvgIpc) is 2.87. The Bertz CT molecular complexity index is 836. The summed E-state index contributed by atoms with van der Waals surface area (Å²) in [6.45, 7) is 0.370. The van der Waals surface area contributed by atoms with Gasteiger partial charge in [0, 0.05) is 6.54 Å². The molecule has 0 N–H and O–H groups in total. The molecule has 6 heteroatoms. The van der Waals surface area contributed by atoms with Gasteiger partial charge in [-0.25, -0.2) is 0 Å². The van der Waals surface area contributed by atoms with Crippen LogP contribution in [-0.4, -0.2) is 29.7 Å². The van der Waals surface area contributed by atoms with Crippen molar-refractivity contribution in [3.63, 3.8) is 0 Å². The van der Waals surface area contributed by atoms with Gasteiger partial charge in [-0.15, -0.1) is 0 Å². The summed E-state index contributed by atoms with van der Waals surface area (Å²) in [5.74, 6) is 0.299. The summed E-state index contributed by atoms with van der Waals surface area (Å²) in [6, 6.07) is 15.0. The molecular formula is C19H16ClNO3S. The second kappa shape index (κ2) is 7.76. The van der Waals surface area contributed by atoms with Gasteiger partial charge in [0.25, 0.3) is 11.1 Å². The first-order valence-electron chi connectivity index (χ1n) is 7.71. The number of halogens is 1. The number of carbonyl (C=O) groups excluding carboxylic acids is 2. The molecule has 25 heavy (non-hydrogen) atoms. The summed E-state index contributed by atoms with van der Waals surface area (Å²) >= 11 is 7.05. The highest BCUT2D eigenvalue weighted by atomic mass is 35.5. The van der Waals surface area contributed by atoms with Gasteiger partial charge in [0.1, 0.15) is 5.75 Å². The van der Waals surface area contributed by atoms with Gasteiger partial charge in [0.2, 0.25) is 0 Å². The van der Waals surface area contributed by atoms with Gasteiger partial charge < -0.3 is 4.74 Å². The number of amides is 2. The zero-order valence-corrected chi connectivity index (χ0v) is 15.1. The van der Waals surface area contributed by atoms with E-state index in [1.807, 2.05) is 30.3 Å².